The molecule has 1 fully saturated rings. The van der Waals surface area contributed by atoms with Crippen molar-refractivity contribution in [2.24, 2.45) is 0 Å². The monoisotopic (exact) mass is 324 g/mol. The van der Waals surface area contributed by atoms with Crippen LogP contribution < -0.4 is 5.32 Å². The van der Waals surface area contributed by atoms with E-state index in [0.29, 0.717) is 22.2 Å². The Balaban J connectivity index is 2.09. The molecule has 0 radical (unpaired) electrons. The van der Waals surface area contributed by atoms with Crippen molar-refractivity contribution in [2.75, 3.05) is 13.2 Å². The standard InChI is InChI=1S/C15H14Cl2N2O2/c16-13-4-1-5-14(17)12(13)7-10(8-18)15(20)19-9-11-3-2-6-21-11/h1,4-5,7,11H,2-3,6,9H2,(H,19,20)/b10-7+. The number of hydrogen-bond acceptors (Lipinski definition) is 3. The van der Waals surface area contributed by atoms with Gasteiger partial charge in [-0.1, -0.05) is 29.3 Å². The molecule has 1 aliphatic heterocycles. The predicted octanol–water partition coefficient (Wildman–Crippen LogP) is 3.20. The molecule has 1 aromatic carbocycles. The summed E-state index contributed by atoms with van der Waals surface area (Å²) in [6.07, 6.45) is 3.34. The lowest BCUT2D eigenvalue weighted by Gasteiger charge is -2.10. The molecule has 0 aliphatic carbocycles. The van der Waals surface area contributed by atoms with Gasteiger partial charge >= 0.3 is 0 Å². The lowest BCUT2D eigenvalue weighted by molar-refractivity contribution is -0.117. The van der Waals surface area contributed by atoms with Gasteiger partial charge in [0, 0.05) is 28.8 Å². The van der Waals surface area contributed by atoms with E-state index in [1.165, 1.54) is 6.08 Å². The molecule has 110 valence electrons. The number of carbonyl (C=O) groups excluding carboxylic acids is 1. The van der Waals surface area contributed by atoms with Gasteiger partial charge in [0.25, 0.3) is 5.91 Å². The highest BCUT2D eigenvalue weighted by Gasteiger charge is 2.18. The van der Waals surface area contributed by atoms with Gasteiger partial charge in [-0.3, -0.25) is 4.79 Å². The third-order valence-corrected chi connectivity index (χ3v) is 3.83. The highest BCUT2D eigenvalue weighted by atomic mass is 35.5. The number of amides is 1. The molecule has 21 heavy (non-hydrogen) atoms. The third kappa shape index (κ3) is 4.21. The van der Waals surface area contributed by atoms with Crippen LogP contribution in [-0.4, -0.2) is 25.2 Å². The van der Waals surface area contributed by atoms with Crippen LogP contribution in [0.3, 0.4) is 0 Å². The number of halogens is 2. The van der Waals surface area contributed by atoms with Gasteiger partial charge in [0.2, 0.25) is 0 Å². The zero-order valence-electron chi connectivity index (χ0n) is 11.2. The minimum Gasteiger partial charge on any atom is -0.376 e. The summed E-state index contributed by atoms with van der Waals surface area (Å²) < 4.78 is 5.41. The molecular formula is C15H14Cl2N2O2. The molecule has 1 atom stereocenters. The zero-order chi connectivity index (χ0) is 15.2. The molecule has 0 aromatic heterocycles. The predicted molar refractivity (Wildman–Crippen MR) is 82.0 cm³/mol. The van der Waals surface area contributed by atoms with Crippen LogP contribution in [0.15, 0.2) is 23.8 Å². The fraction of sp³-hybridized carbons (Fsp3) is 0.333. The summed E-state index contributed by atoms with van der Waals surface area (Å²) in [6, 6.07) is 6.87. The molecular weight excluding hydrogens is 311 g/mol. The summed E-state index contributed by atoms with van der Waals surface area (Å²) in [5.74, 6) is -0.455. The third-order valence-electron chi connectivity index (χ3n) is 3.17. The molecule has 1 amide bonds. The van der Waals surface area contributed by atoms with E-state index in [0.717, 1.165) is 19.4 Å². The highest BCUT2D eigenvalue weighted by Crippen LogP contribution is 2.26. The van der Waals surface area contributed by atoms with E-state index in [4.69, 9.17) is 33.2 Å². The molecule has 2 rings (SSSR count). The Morgan fingerprint density at radius 2 is 2.19 bits per heavy atom. The molecule has 0 bridgehead atoms. The van der Waals surface area contributed by atoms with Crippen molar-refractivity contribution in [3.05, 3.63) is 39.4 Å². The van der Waals surface area contributed by atoms with Crippen molar-refractivity contribution in [3.63, 3.8) is 0 Å². The number of nitrogens with one attached hydrogen (secondary N) is 1. The molecule has 0 saturated carbocycles. The summed E-state index contributed by atoms with van der Waals surface area (Å²) in [7, 11) is 0. The van der Waals surface area contributed by atoms with E-state index < -0.39 is 5.91 Å². The summed E-state index contributed by atoms with van der Waals surface area (Å²) in [6.45, 7) is 1.12. The largest absolute Gasteiger partial charge is 0.376 e. The fourth-order valence-corrected chi connectivity index (χ4v) is 2.56. The number of benzene rings is 1. The molecule has 1 aromatic rings. The average Bonchev–Trinajstić information content (AvgIpc) is 2.98. The second-order valence-corrected chi connectivity index (χ2v) is 5.46. The van der Waals surface area contributed by atoms with Gasteiger partial charge in [0.05, 0.1) is 6.10 Å². The lowest BCUT2D eigenvalue weighted by atomic mass is 10.1. The number of hydrogen-bond donors (Lipinski definition) is 1. The SMILES string of the molecule is N#C/C(=C\c1c(Cl)cccc1Cl)C(=O)NCC1CCCO1. The summed E-state index contributed by atoms with van der Waals surface area (Å²) in [5.41, 5.74) is 0.424. The van der Waals surface area contributed by atoms with Crippen LogP contribution in [0.1, 0.15) is 18.4 Å². The van der Waals surface area contributed by atoms with E-state index in [1.807, 2.05) is 6.07 Å². The minimum absolute atomic E-state index is 0.0257. The first-order valence-corrected chi connectivity index (χ1v) is 7.33. The van der Waals surface area contributed by atoms with Crippen molar-refractivity contribution < 1.29 is 9.53 Å². The first-order chi connectivity index (χ1) is 10.1. The maximum Gasteiger partial charge on any atom is 0.262 e. The van der Waals surface area contributed by atoms with E-state index in [2.05, 4.69) is 5.32 Å². The van der Waals surface area contributed by atoms with Gasteiger partial charge in [-0.05, 0) is 31.1 Å². The Morgan fingerprint density at radius 1 is 1.48 bits per heavy atom. The number of nitriles is 1. The van der Waals surface area contributed by atoms with Crippen LogP contribution in [0.4, 0.5) is 0 Å². The van der Waals surface area contributed by atoms with Crippen LogP contribution >= 0.6 is 23.2 Å². The quantitative estimate of drug-likeness (QED) is 0.683. The number of nitrogens with zero attached hydrogens (tertiary/aromatic N) is 1. The Morgan fingerprint density at radius 3 is 2.76 bits per heavy atom. The van der Waals surface area contributed by atoms with Gasteiger partial charge in [0.1, 0.15) is 11.6 Å². The molecule has 1 unspecified atom stereocenters. The molecule has 1 N–H and O–H groups in total. The van der Waals surface area contributed by atoms with Crippen LogP contribution in [0, 0.1) is 11.3 Å². The van der Waals surface area contributed by atoms with Gasteiger partial charge < -0.3 is 10.1 Å². The van der Waals surface area contributed by atoms with Crippen molar-refractivity contribution in [1.82, 2.24) is 5.32 Å². The second kappa shape index (κ2) is 7.46. The van der Waals surface area contributed by atoms with Gasteiger partial charge in [-0.15, -0.1) is 0 Å². The van der Waals surface area contributed by atoms with Gasteiger partial charge in [-0.2, -0.15) is 5.26 Å². The van der Waals surface area contributed by atoms with Crippen LogP contribution in [0.2, 0.25) is 10.0 Å². The lowest BCUT2D eigenvalue weighted by Crippen LogP contribution is -2.32. The smallest absolute Gasteiger partial charge is 0.262 e. The Hall–Kier alpha value is -1.54. The van der Waals surface area contributed by atoms with E-state index in [9.17, 15) is 4.79 Å². The van der Waals surface area contributed by atoms with E-state index in [1.54, 1.807) is 18.2 Å². The highest BCUT2D eigenvalue weighted by molar-refractivity contribution is 6.37. The van der Waals surface area contributed by atoms with Gasteiger partial charge in [-0.25, -0.2) is 0 Å². The minimum atomic E-state index is -0.455. The van der Waals surface area contributed by atoms with Crippen molar-refractivity contribution in [3.8, 4) is 6.07 Å². The molecule has 4 nitrogen and oxygen atoms in total. The Labute approximate surface area is 133 Å². The van der Waals surface area contributed by atoms with Crippen LogP contribution in [0.25, 0.3) is 6.08 Å². The first kappa shape index (κ1) is 15.8. The number of rotatable bonds is 4. The normalized spacial score (nSPS) is 18.3. The van der Waals surface area contributed by atoms with Gasteiger partial charge in [0.15, 0.2) is 0 Å². The Bertz CT molecular complexity index is 582. The maximum atomic E-state index is 12.0. The molecule has 0 spiro atoms. The van der Waals surface area contributed by atoms with Crippen LogP contribution in [0.5, 0.6) is 0 Å². The zero-order valence-corrected chi connectivity index (χ0v) is 12.7. The fourth-order valence-electron chi connectivity index (χ4n) is 2.05. The summed E-state index contributed by atoms with van der Waals surface area (Å²) >= 11 is 12.1. The average molecular weight is 325 g/mol. The van der Waals surface area contributed by atoms with E-state index in [-0.39, 0.29) is 11.7 Å². The van der Waals surface area contributed by atoms with Crippen LogP contribution in [-0.2, 0) is 9.53 Å². The topological polar surface area (TPSA) is 62.1 Å². The van der Waals surface area contributed by atoms with Crippen molar-refractivity contribution >= 4 is 35.2 Å². The van der Waals surface area contributed by atoms with Crippen molar-refractivity contribution in [2.45, 2.75) is 18.9 Å². The molecule has 1 heterocycles. The second-order valence-electron chi connectivity index (χ2n) is 4.65. The maximum absolute atomic E-state index is 12.0. The molecule has 1 saturated heterocycles. The summed E-state index contributed by atoms with van der Waals surface area (Å²) in [5, 5.41) is 12.6. The van der Waals surface area contributed by atoms with Crippen molar-refractivity contribution in [1.29, 1.82) is 5.26 Å². The molecule has 6 heteroatoms. The number of carbonyl (C=O) groups is 1. The summed E-state index contributed by atoms with van der Waals surface area (Å²) in [4.78, 5) is 12.0. The van der Waals surface area contributed by atoms with E-state index >= 15 is 0 Å². The first-order valence-electron chi connectivity index (χ1n) is 6.57. The number of ether oxygens (including phenoxy) is 1. The molecule has 1 aliphatic rings. The Kier molecular flexibility index (Phi) is 5.63.